The first-order valence-electron chi connectivity index (χ1n) is 5.79. The Morgan fingerprint density at radius 2 is 2.00 bits per heavy atom. The van der Waals surface area contributed by atoms with Crippen molar-refractivity contribution >= 4 is 29.1 Å². The van der Waals surface area contributed by atoms with Gasteiger partial charge in [0.05, 0.1) is 0 Å². The second kappa shape index (κ2) is 7.44. The number of rotatable bonds is 5. The molecule has 0 heterocycles. The normalized spacial score (nSPS) is 9.94. The van der Waals surface area contributed by atoms with Crippen LogP contribution >= 0.6 is 24.0 Å². The van der Waals surface area contributed by atoms with Crippen molar-refractivity contribution in [2.75, 3.05) is 19.8 Å². The average Bonchev–Trinajstić information content (AvgIpc) is 2.36. The first kappa shape index (κ1) is 15.1. The fraction of sp³-hybridized carbons (Fsp3) is 0.357. The Morgan fingerprint density at radius 3 is 2.50 bits per heavy atom. The van der Waals surface area contributed by atoms with E-state index in [0.717, 1.165) is 23.8 Å². The van der Waals surface area contributed by atoms with Crippen molar-refractivity contribution in [3.8, 4) is 0 Å². The molecular weight excluding hydrogens is 260 g/mol. The van der Waals surface area contributed by atoms with Gasteiger partial charge in [-0.2, -0.15) is 0 Å². The molecule has 2 nitrogen and oxygen atoms in total. The van der Waals surface area contributed by atoms with Crippen LogP contribution in [-0.2, 0) is 6.54 Å². The number of benzene rings is 1. The Kier molecular flexibility index (Phi) is 6.22. The lowest BCUT2D eigenvalue weighted by molar-refractivity contribution is 0.491. The second-order valence-corrected chi connectivity index (χ2v) is 5.59. The second-order valence-electron chi connectivity index (χ2n) is 4.32. The van der Waals surface area contributed by atoms with Gasteiger partial charge in [0.25, 0.3) is 0 Å². The molecule has 0 aliphatic carbocycles. The largest absolute Gasteiger partial charge is 0.359 e. The SMILES string of the molecule is C=C(C)CNC(=S)N(C)Cc1ccc(SC)cc1. The minimum atomic E-state index is 0.731. The number of thiocarbonyl (C=S) groups is 1. The lowest BCUT2D eigenvalue weighted by Crippen LogP contribution is -2.37. The molecule has 1 aromatic rings. The molecule has 0 aliphatic heterocycles. The third-order valence-corrected chi connectivity index (χ3v) is 3.67. The number of nitrogens with zero attached hydrogens (tertiary/aromatic N) is 1. The summed E-state index contributed by atoms with van der Waals surface area (Å²) in [6, 6.07) is 8.56. The molecule has 1 rings (SSSR count). The Bertz CT molecular complexity index is 412. The van der Waals surface area contributed by atoms with E-state index in [1.54, 1.807) is 11.8 Å². The highest BCUT2D eigenvalue weighted by atomic mass is 32.2. The van der Waals surface area contributed by atoms with Gasteiger partial charge in [-0.15, -0.1) is 11.8 Å². The molecule has 4 heteroatoms. The Labute approximate surface area is 119 Å². The summed E-state index contributed by atoms with van der Waals surface area (Å²) < 4.78 is 0. The Hall–Kier alpha value is -1.00. The zero-order chi connectivity index (χ0) is 13.5. The van der Waals surface area contributed by atoms with Crippen LogP contribution in [0.1, 0.15) is 12.5 Å². The molecule has 0 spiro atoms. The van der Waals surface area contributed by atoms with Gasteiger partial charge in [0.1, 0.15) is 0 Å². The van der Waals surface area contributed by atoms with Crippen LogP contribution in [-0.4, -0.2) is 29.9 Å². The van der Waals surface area contributed by atoms with E-state index in [9.17, 15) is 0 Å². The summed E-state index contributed by atoms with van der Waals surface area (Å²) >= 11 is 7.07. The molecule has 0 bridgehead atoms. The highest BCUT2D eigenvalue weighted by molar-refractivity contribution is 7.98. The van der Waals surface area contributed by atoms with E-state index < -0.39 is 0 Å². The van der Waals surface area contributed by atoms with Crippen LogP contribution in [0.4, 0.5) is 0 Å². The van der Waals surface area contributed by atoms with Crippen LogP contribution in [0.3, 0.4) is 0 Å². The third-order valence-electron chi connectivity index (χ3n) is 2.47. The van der Waals surface area contributed by atoms with Gasteiger partial charge in [0, 0.05) is 25.0 Å². The summed E-state index contributed by atoms with van der Waals surface area (Å²) in [5.41, 5.74) is 2.34. The number of nitrogens with one attached hydrogen (secondary N) is 1. The molecule has 0 saturated heterocycles. The number of hydrogen-bond donors (Lipinski definition) is 1. The van der Waals surface area contributed by atoms with Crippen molar-refractivity contribution in [1.29, 1.82) is 0 Å². The van der Waals surface area contributed by atoms with Crippen LogP contribution < -0.4 is 5.32 Å². The molecule has 0 atom stereocenters. The molecule has 0 aromatic heterocycles. The van der Waals surface area contributed by atoms with Gasteiger partial charge < -0.3 is 10.2 Å². The first-order chi connectivity index (χ1) is 8.52. The summed E-state index contributed by atoms with van der Waals surface area (Å²) in [6.07, 6.45) is 2.08. The lowest BCUT2D eigenvalue weighted by atomic mass is 10.2. The molecule has 18 heavy (non-hydrogen) atoms. The summed E-state index contributed by atoms with van der Waals surface area (Å²) in [5, 5.41) is 3.93. The van der Waals surface area contributed by atoms with Gasteiger partial charge in [-0.1, -0.05) is 24.3 Å². The predicted molar refractivity (Wildman–Crippen MR) is 85.1 cm³/mol. The maximum atomic E-state index is 5.31. The number of hydrogen-bond acceptors (Lipinski definition) is 2. The fourth-order valence-electron chi connectivity index (χ4n) is 1.44. The summed E-state index contributed by atoms with van der Waals surface area (Å²) in [5.74, 6) is 0. The van der Waals surface area contributed by atoms with Gasteiger partial charge in [0.15, 0.2) is 5.11 Å². The van der Waals surface area contributed by atoms with Crippen molar-refractivity contribution < 1.29 is 0 Å². The van der Waals surface area contributed by atoms with Gasteiger partial charge in [-0.3, -0.25) is 0 Å². The van der Waals surface area contributed by atoms with Crippen LogP contribution in [0.5, 0.6) is 0 Å². The molecule has 1 aromatic carbocycles. The Balaban J connectivity index is 2.49. The van der Waals surface area contributed by atoms with Gasteiger partial charge in [-0.25, -0.2) is 0 Å². The quantitative estimate of drug-likeness (QED) is 0.505. The molecule has 0 radical (unpaired) electrons. The van der Waals surface area contributed by atoms with E-state index in [2.05, 4.69) is 42.4 Å². The van der Waals surface area contributed by atoms with E-state index >= 15 is 0 Å². The minimum Gasteiger partial charge on any atom is -0.359 e. The first-order valence-corrected chi connectivity index (χ1v) is 7.42. The number of thioether (sulfide) groups is 1. The van der Waals surface area contributed by atoms with Crippen LogP contribution in [0.15, 0.2) is 41.3 Å². The molecule has 0 aliphatic rings. The monoisotopic (exact) mass is 280 g/mol. The maximum Gasteiger partial charge on any atom is 0.169 e. The molecule has 0 saturated carbocycles. The summed E-state index contributed by atoms with van der Waals surface area (Å²) in [7, 11) is 2.00. The third kappa shape index (κ3) is 5.10. The maximum absolute atomic E-state index is 5.31. The highest BCUT2D eigenvalue weighted by Crippen LogP contribution is 2.15. The highest BCUT2D eigenvalue weighted by Gasteiger charge is 2.04. The van der Waals surface area contributed by atoms with Gasteiger partial charge in [0.2, 0.25) is 0 Å². The van der Waals surface area contributed by atoms with Crippen molar-refractivity contribution in [3.05, 3.63) is 42.0 Å². The standard InChI is InChI=1S/C14H20N2S2/c1-11(2)9-15-14(17)16(3)10-12-5-7-13(18-4)8-6-12/h5-8H,1,9-10H2,2-4H3,(H,15,17). The lowest BCUT2D eigenvalue weighted by Gasteiger charge is -2.21. The molecule has 0 unspecified atom stereocenters. The van der Waals surface area contributed by atoms with E-state index in [0.29, 0.717) is 0 Å². The van der Waals surface area contributed by atoms with E-state index in [4.69, 9.17) is 12.2 Å². The van der Waals surface area contributed by atoms with Crippen LogP contribution in [0.2, 0.25) is 0 Å². The van der Waals surface area contributed by atoms with Crippen molar-refractivity contribution in [2.45, 2.75) is 18.4 Å². The molecule has 1 N–H and O–H groups in total. The molecular formula is C14H20N2S2. The smallest absolute Gasteiger partial charge is 0.169 e. The summed E-state index contributed by atoms with van der Waals surface area (Å²) in [6.45, 7) is 7.38. The molecule has 98 valence electrons. The van der Waals surface area contributed by atoms with Crippen LogP contribution in [0.25, 0.3) is 0 Å². The molecule has 0 fully saturated rings. The van der Waals surface area contributed by atoms with E-state index in [1.807, 2.05) is 18.9 Å². The van der Waals surface area contributed by atoms with Crippen LogP contribution in [0, 0.1) is 0 Å². The molecule has 0 amide bonds. The zero-order valence-electron chi connectivity index (χ0n) is 11.2. The zero-order valence-corrected chi connectivity index (χ0v) is 12.8. The van der Waals surface area contributed by atoms with E-state index in [1.165, 1.54) is 10.5 Å². The van der Waals surface area contributed by atoms with Crippen molar-refractivity contribution in [3.63, 3.8) is 0 Å². The van der Waals surface area contributed by atoms with Crippen molar-refractivity contribution in [2.24, 2.45) is 0 Å². The van der Waals surface area contributed by atoms with Crippen molar-refractivity contribution in [1.82, 2.24) is 10.2 Å². The topological polar surface area (TPSA) is 15.3 Å². The predicted octanol–water partition coefficient (Wildman–Crippen LogP) is 3.29. The van der Waals surface area contributed by atoms with Gasteiger partial charge >= 0.3 is 0 Å². The fourth-order valence-corrected chi connectivity index (χ4v) is 1.98. The average molecular weight is 280 g/mol. The van der Waals surface area contributed by atoms with Gasteiger partial charge in [-0.05, 0) is 43.1 Å². The summed E-state index contributed by atoms with van der Waals surface area (Å²) in [4.78, 5) is 3.32. The minimum absolute atomic E-state index is 0.731. The Morgan fingerprint density at radius 1 is 1.39 bits per heavy atom. The van der Waals surface area contributed by atoms with E-state index in [-0.39, 0.29) is 0 Å².